The van der Waals surface area contributed by atoms with Gasteiger partial charge in [0.1, 0.15) is 22.8 Å². The van der Waals surface area contributed by atoms with Gasteiger partial charge < -0.3 is 10.6 Å². The van der Waals surface area contributed by atoms with E-state index in [9.17, 15) is 4.39 Å². The minimum Gasteiger partial charge on any atom is -0.355 e. The highest BCUT2D eigenvalue weighted by Crippen LogP contribution is 2.63. The molecule has 1 saturated carbocycles. The fraction of sp³-hybridized carbons (Fsp3) is 0.269. The van der Waals surface area contributed by atoms with Crippen molar-refractivity contribution in [1.82, 2.24) is 30.1 Å². The number of halogens is 1. The first-order valence-corrected chi connectivity index (χ1v) is 11.8. The molecule has 0 radical (unpaired) electrons. The number of piperidine rings is 1. The average molecular weight is 467 g/mol. The Bertz CT molecular complexity index is 1580. The number of pyridine rings is 2. The number of H-pyrrole nitrogens is 1. The van der Waals surface area contributed by atoms with Crippen LogP contribution in [0.15, 0.2) is 61.2 Å². The summed E-state index contributed by atoms with van der Waals surface area (Å²) in [6, 6.07) is 10.9. The molecule has 7 rings (SSSR count). The van der Waals surface area contributed by atoms with Crippen LogP contribution in [0.1, 0.15) is 12.0 Å². The van der Waals surface area contributed by atoms with Crippen molar-refractivity contribution in [2.75, 3.05) is 24.5 Å². The number of aromatic nitrogens is 6. The molecule has 8 nitrogen and oxygen atoms in total. The van der Waals surface area contributed by atoms with Crippen molar-refractivity contribution in [3.05, 3.63) is 72.6 Å². The quantitative estimate of drug-likeness (QED) is 0.417. The van der Waals surface area contributed by atoms with E-state index >= 15 is 0 Å². The highest BCUT2D eigenvalue weighted by molar-refractivity contribution is 5.99. The first-order chi connectivity index (χ1) is 17.2. The van der Waals surface area contributed by atoms with Crippen molar-refractivity contribution in [2.45, 2.75) is 11.8 Å². The van der Waals surface area contributed by atoms with Gasteiger partial charge in [-0.15, -0.1) is 0 Å². The Balaban J connectivity index is 1.21. The molecule has 3 atom stereocenters. The highest BCUT2D eigenvalue weighted by Gasteiger charge is 2.66. The first-order valence-electron chi connectivity index (χ1n) is 11.8. The van der Waals surface area contributed by atoms with E-state index in [0.29, 0.717) is 29.5 Å². The summed E-state index contributed by atoms with van der Waals surface area (Å²) in [6.45, 7) is 2.06. The van der Waals surface area contributed by atoms with E-state index in [1.165, 1.54) is 6.07 Å². The van der Waals surface area contributed by atoms with E-state index in [1.807, 2.05) is 30.5 Å². The molecular weight excluding hydrogens is 443 g/mol. The summed E-state index contributed by atoms with van der Waals surface area (Å²) in [7, 11) is 0. The predicted molar refractivity (Wildman–Crippen MR) is 131 cm³/mol. The molecule has 3 N–H and O–H groups in total. The Labute approximate surface area is 200 Å². The molecule has 9 heteroatoms. The molecule has 1 aliphatic heterocycles. The molecule has 4 aromatic heterocycles. The Kier molecular flexibility index (Phi) is 4.38. The second kappa shape index (κ2) is 7.51. The van der Waals surface area contributed by atoms with Crippen LogP contribution in [0.5, 0.6) is 0 Å². The topological polar surface area (TPSA) is 110 Å². The molecule has 0 unspecified atom stereocenters. The maximum Gasteiger partial charge on any atom is 0.177 e. The van der Waals surface area contributed by atoms with Crippen LogP contribution in [0.4, 0.5) is 10.2 Å². The molecule has 0 amide bonds. The normalized spacial score (nSPS) is 23.5. The van der Waals surface area contributed by atoms with Gasteiger partial charge in [-0.2, -0.15) is 5.10 Å². The summed E-state index contributed by atoms with van der Waals surface area (Å²) in [6.07, 6.45) is 7.99. The zero-order valence-corrected chi connectivity index (χ0v) is 18.9. The summed E-state index contributed by atoms with van der Waals surface area (Å²) < 4.78 is 14.7. The second-order valence-corrected chi connectivity index (χ2v) is 9.42. The second-order valence-electron chi connectivity index (χ2n) is 9.42. The minimum absolute atomic E-state index is 0.162. The Hall–Kier alpha value is -3.98. The Morgan fingerprint density at radius 2 is 2.00 bits per heavy atom. The monoisotopic (exact) mass is 466 g/mol. The van der Waals surface area contributed by atoms with E-state index in [0.717, 1.165) is 53.1 Å². The van der Waals surface area contributed by atoms with Gasteiger partial charge >= 0.3 is 0 Å². The number of rotatable bonds is 4. The maximum atomic E-state index is 14.7. The molecule has 0 spiro atoms. The van der Waals surface area contributed by atoms with Gasteiger partial charge in [-0.3, -0.25) is 15.1 Å². The molecule has 2 fully saturated rings. The number of hydrogen-bond acceptors (Lipinski definition) is 7. The number of nitrogens with one attached hydrogen (secondary N) is 1. The van der Waals surface area contributed by atoms with E-state index in [2.05, 4.69) is 25.1 Å². The minimum atomic E-state index is -0.296. The smallest absolute Gasteiger partial charge is 0.177 e. The van der Waals surface area contributed by atoms with E-state index in [-0.39, 0.29) is 11.2 Å². The number of fused-ring (bicyclic) bond motifs is 3. The van der Waals surface area contributed by atoms with Crippen LogP contribution < -0.4 is 10.6 Å². The molecular formula is C26H23FN8. The fourth-order valence-corrected chi connectivity index (χ4v) is 6.17. The summed E-state index contributed by atoms with van der Waals surface area (Å²) in [4.78, 5) is 20.4. The van der Waals surface area contributed by atoms with Gasteiger partial charge in [-0.1, -0.05) is 18.2 Å². The Morgan fingerprint density at radius 3 is 2.89 bits per heavy atom. The number of aromatic amines is 1. The first kappa shape index (κ1) is 20.4. The van der Waals surface area contributed by atoms with Gasteiger partial charge in [-0.25, -0.2) is 14.4 Å². The average Bonchev–Trinajstić information content (AvgIpc) is 3.37. The predicted octanol–water partition coefficient (Wildman–Crippen LogP) is 3.46. The van der Waals surface area contributed by atoms with E-state index in [1.54, 1.807) is 24.7 Å². The molecule has 5 heterocycles. The molecule has 1 aliphatic carbocycles. The summed E-state index contributed by atoms with van der Waals surface area (Å²) in [5.74, 6) is 1.32. The third-order valence-corrected chi connectivity index (χ3v) is 7.92. The summed E-state index contributed by atoms with van der Waals surface area (Å²) >= 11 is 0. The van der Waals surface area contributed by atoms with Crippen LogP contribution in [-0.4, -0.2) is 49.8 Å². The van der Waals surface area contributed by atoms with Gasteiger partial charge in [0.15, 0.2) is 5.65 Å². The van der Waals surface area contributed by atoms with Crippen molar-refractivity contribution in [3.8, 4) is 11.3 Å². The van der Waals surface area contributed by atoms with Gasteiger partial charge in [0, 0.05) is 48.4 Å². The lowest BCUT2D eigenvalue weighted by atomic mass is 9.91. The SMILES string of the molecule is NC[C@]1(c2ccccc2F)[C@@H]2CCN(c3cnc4c(-c5ccnc6cnccc56)n[nH]c4n3)C[C@@H]21. The number of anilines is 1. The van der Waals surface area contributed by atoms with Gasteiger partial charge in [0.2, 0.25) is 0 Å². The lowest BCUT2D eigenvalue weighted by molar-refractivity contribution is 0.533. The molecule has 5 aromatic rings. The fourth-order valence-electron chi connectivity index (χ4n) is 6.17. The van der Waals surface area contributed by atoms with Crippen molar-refractivity contribution in [3.63, 3.8) is 0 Å². The molecule has 174 valence electrons. The van der Waals surface area contributed by atoms with Crippen LogP contribution in [0.3, 0.4) is 0 Å². The van der Waals surface area contributed by atoms with Crippen molar-refractivity contribution in [1.29, 1.82) is 0 Å². The van der Waals surface area contributed by atoms with E-state index < -0.39 is 0 Å². The Morgan fingerprint density at radius 1 is 1.09 bits per heavy atom. The van der Waals surface area contributed by atoms with Crippen LogP contribution in [-0.2, 0) is 5.41 Å². The maximum absolute atomic E-state index is 14.7. The zero-order valence-electron chi connectivity index (χ0n) is 18.9. The van der Waals surface area contributed by atoms with Crippen LogP contribution in [0.2, 0.25) is 0 Å². The molecule has 35 heavy (non-hydrogen) atoms. The number of nitrogens with two attached hydrogens (primary N) is 1. The lowest BCUT2D eigenvalue weighted by Gasteiger charge is -2.26. The lowest BCUT2D eigenvalue weighted by Crippen LogP contribution is -2.32. The molecule has 1 saturated heterocycles. The molecule has 1 aromatic carbocycles. The van der Waals surface area contributed by atoms with Gasteiger partial charge in [-0.05, 0) is 42.0 Å². The zero-order chi connectivity index (χ0) is 23.6. The van der Waals surface area contributed by atoms with Gasteiger partial charge in [0.05, 0.1) is 17.9 Å². The largest absolute Gasteiger partial charge is 0.355 e. The highest BCUT2D eigenvalue weighted by atomic mass is 19.1. The molecule has 0 bridgehead atoms. The van der Waals surface area contributed by atoms with Crippen molar-refractivity contribution < 1.29 is 4.39 Å². The van der Waals surface area contributed by atoms with Crippen molar-refractivity contribution >= 4 is 27.9 Å². The van der Waals surface area contributed by atoms with Crippen molar-refractivity contribution in [2.24, 2.45) is 17.6 Å². The van der Waals surface area contributed by atoms with Crippen LogP contribution in [0.25, 0.3) is 33.3 Å². The van der Waals surface area contributed by atoms with Crippen LogP contribution >= 0.6 is 0 Å². The number of benzene rings is 1. The standard InChI is InChI=1S/C26H23FN8/c27-20-4-2-1-3-18(20)26(14-28)17-7-10-35(13-19(17)26)22-12-31-24-23(33-34-25(24)32-22)16-6-9-30-21-11-29-8-5-15(16)21/h1-6,8-9,11-12,17,19H,7,10,13-14,28H2,(H,32,33,34)/t17-,19+,26-/m1/s1. The number of nitrogens with zero attached hydrogens (tertiary/aromatic N) is 6. The van der Waals surface area contributed by atoms with E-state index in [4.69, 9.17) is 15.7 Å². The summed E-state index contributed by atoms with van der Waals surface area (Å²) in [5.41, 5.74) is 10.5. The number of hydrogen-bond donors (Lipinski definition) is 2. The third-order valence-electron chi connectivity index (χ3n) is 7.92. The third kappa shape index (κ3) is 2.91. The molecule has 2 aliphatic rings. The summed E-state index contributed by atoms with van der Waals surface area (Å²) in [5, 5.41) is 8.56. The van der Waals surface area contributed by atoms with Gasteiger partial charge in [0.25, 0.3) is 0 Å². The van der Waals surface area contributed by atoms with Crippen LogP contribution in [0, 0.1) is 17.7 Å².